The molecule has 0 spiro atoms. The number of benzene rings is 1. The minimum absolute atomic E-state index is 0.0844. The number of nitrogens with zero attached hydrogens (tertiary/aromatic N) is 2. The Labute approximate surface area is 113 Å². The summed E-state index contributed by atoms with van der Waals surface area (Å²) < 4.78 is 4.96. The van der Waals surface area contributed by atoms with Crippen molar-refractivity contribution >= 4 is 17.4 Å². The second kappa shape index (κ2) is 5.57. The van der Waals surface area contributed by atoms with Crippen molar-refractivity contribution in [1.82, 2.24) is 4.98 Å². The molecule has 0 saturated heterocycles. The van der Waals surface area contributed by atoms with Gasteiger partial charge in [-0.05, 0) is 24.3 Å². The molecule has 6 nitrogen and oxygen atoms in total. The Morgan fingerprint density at radius 3 is 2.53 bits per heavy atom. The molecule has 1 aromatic carbocycles. The Balaban J connectivity index is 2.36. The van der Waals surface area contributed by atoms with E-state index in [9.17, 15) is 15.2 Å². The normalized spacial score (nSPS) is 10.2. The van der Waals surface area contributed by atoms with Crippen LogP contribution in [-0.4, -0.2) is 22.1 Å². The minimum Gasteiger partial charge on any atom is -0.508 e. The summed E-state index contributed by atoms with van der Waals surface area (Å²) in [7, 11) is 1.45. The van der Waals surface area contributed by atoms with Gasteiger partial charge in [-0.2, -0.15) is 4.98 Å². The first-order valence-electron chi connectivity index (χ1n) is 5.26. The highest BCUT2D eigenvalue weighted by Gasteiger charge is 2.17. The number of aromatic hydroxyl groups is 1. The standard InChI is InChI=1S/C12H10N2O4S/c1-18-11-7-6-10(14(16)17)12(13-11)19-9-4-2-8(15)3-5-9/h2-7,15H,1H3. The number of phenolic OH excluding ortho intramolecular Hbond substituents is 1. The van der Waals surface area contributed by atoms with Crippen LogP contribution in [0.15, 0.2) is 46.3 Å². The predicted octanol–water partition coefficient (Wildman–Crippen LogP) is 2.86. The summed E-state index contributed by atoms with van der Waals surface area (Å²) >= 11 is 1.14. The molecule has 0 radical (unpaired) electrons. The molecule has 0 aliphatic carbocycles. The first kappa shape index (κ1) is 13.2. The van der Waals surface area contributed by atoms with Gasteiger partial charge in [-0.1, -0.05) is 11.8 Å². The van der Waals surface area contributed by atoms with Crippen LogP contribution in [0.25, 0.3) is 0 Å². The third kappa shape index (κ3) is 3.14. The van der Waals surface area contributed by atoms with Gasteiger partial charge in [0.25, 0.3) is 0 Å². The Kier molecular flexibility index (Phi) is 3.86. The lowest BCUT2D eigenvalue weighted by Gasteiger charge is -2.04. The van der Waals surface area contributed by atoms with Crippen LogP contribution in [0.5, 0.6) is 11.6 Å². The molecule has 7 heteroatoms. The molecule has 0 amide bonds. The highest BCUT2D eigenvalue weighted by Crippen LogP contribution is 2.34. The van der Waals surface area contributed by atoms with E-state index in [2.05, 4.69) is 4.98 Å². The van der Waals surface area contributed by atoms with E-state index in [-0.39, 0.29) is 16.5 Å². The van der Waals surface area contributed by atoms with Crippen molar-refractivity contribution in [2.45, 2.75) is 9.92 Å². The third-order valence-electron chi connectivity index (χ3n) is 2.27. The van der Waals surface area contributed by atoms with Crippen LogP contribution >= 0.6 is 11.8 Å². The maximum atomic E-state index is 10.9. The minimum atomic E-state index is -0.491. The van der Waals surface area contributed by atoms with Gasteiger partial charge in [0.05, 0.1) is 12.0 Å². The number of ether oxygens (including phenoxy) is 1. The predicted molar refractivity (Wildman–Crippen MR) is 69.7 cm³/mol. The SMILES string of the molecule is COc1ccc([N+](=O)[O-])c(Sc2ccc(O)cc2)n1. The van der Waals surface area contributed by atoms with Gasteiger partial charge in [0.1, 0.15) is 5.75 Å². The van der Waals surface area contributed by atoms with Crippen LogP contribution in [0, 0.1) is 10.1 Å². The molecule has 0 bridgehead atoms. The Hall–Kier alpha value is -2.28. The van der Waals surface area contributed by atoms with Gasteiger partial charge in [-0.15, -0.1) is 0 Å². The number of methoxy groups -OCH3 is 1. The van der Waals surface area contributed by atoms with Gasteiger partial charge in [-0.3, -0.25) is 10.1 Å². The van der Waals surface area contributed by atoms with E-state index in [1.807, 2.05) is 0 Å². The molecule has 0 unspecified atom stereocenters. The van der Waals surface area contributed by atoms with Crippen molar-refractivity contribution in [2.24, 2.45) is 0 Å². The van der Waals surface area contributed by atoms with Gasteiger partial charge in [0.2, 0.25) is 5.88 Å². The van der Waals surface area contributed by atoms with Crippen LogP contribution in [0.1, 0.15) is 0 Å². The lowest BCUT2D eigenvalue weighted by molar-refractivity contribution is -0.388. The summed E-state index contributed by atoms with van der Waals surface area (Å²) in [6.45, 7) is 0. The van der Waals surface area contributed by atoms with Crippen LogP contribution in [0.2, 0.25) is 0 Å². The molecule has 1 N–H and O–H groups in total. The van der Waals surface area contributed by atoms with Crippen molar-refractivity contribution in [2.75, 3.05) is 7.11 Å². The van der Waals surface area contributed by atoms with Crippen molar-refractivity contribution in [1.29, 1.82) is 0 Å². The summed E-state index contributed by atoms with van der Waals surface area (Å²) in [4.78, 5) is 15.3. The maximum Gasteiger partial charge on any atom is 0.302 e. The van der Waals surface area contributed by atoms with Gasteiger partial charge in [-0.25, -0.2) is 0 Å². The van der Waals surface area contributed by atoms with Gasteiger partial charge in [0.15, 0.2) is 5.03 Å². The molecule has 1 aromatic heterocycles. The highest BCUT2D eigenvalue weighted by atomic mass is 32.2. The molecule has 0 aliphatic heterocycles. The van der Waals surface area contributed by atoms with Crippen molar-refractivity contribution in [3.05, 3.63) is 46.5 Å². The smallest absolute Gasteiger partial charge is 0.302 e. The summed E-state index contributed by atoms with van der Waals surface area (Å²) in [5, 5.41) is 20.4. The fourth-order valence-electron chi connectivity index (χ4n) is 1.37. The lowest BCUT2D eigenvalue weighted by Crippen LogP contribution is -1.95. The van der Waals surface area contributed by atoms with Crippen LogP contribution in [0.4, 0.5) is 5.69 Å². The second-order valence-electron chi connectivity index (χ2n) is 3.53. The highest BCUT2D eigenvalue weighted by molar-refractivity contribution is 7.99. The van der Waals surface area contributed by atoms with E-state index in [1.165, 1.54) is 31.4 Å². The number of hydrogen-bond donors (Lipinski definition) is 1. The van der Waals surface area contributed by atoms with Crippen molar-refractivity contribution in [3.8, 4) is 11.6 Å². The Morgan fingerprint density at radius 1 is 1.26 bits per heavy atom. The largest absolute Gasteiger partial charge is 0.508 e. The molecule has 2 rings (SSSR count). The van der Waals surface area contributed by atoms with Crippen molar-refractivity contribution < 1.29 is 14.8 Å². The first-order valence-corrected chi connectivity index (χ1v) is 6.08. The molecular weight excluding hydrogens is 268 g/mol. The van der Waals surface area contributed by atoms with E-state index < -0.39 is 4.92 Å². The van der Waals surface area contributed by atoms with Crippen LogP contribution < -0.4 is 4.74 Å². The average Bonchev–Trinajstić information content (AvgIpc) is 2.41. The zero-order valence-corrected chi connectivity index (χ0v) is 10.8. The molecule has 0 saturated carbocycles. The number of pyridine rings is 1. The zero-order valence-electron chi connectivity index (χ0n) is 9.94. The number of phenols is 1. The molecule has 98 valence electrons. The fourth-order valence-corrected chi connectivity index (χ4v) is 2.25. The van der Waals surface area contributed by atoms with Gasteiger partial charge < -0.3 is 9.84 Å². The van der Waals surface area contributed by atoms with Gasteiger partial charge in [0, 0.05) is 17.0 Å². The van der Waals surface area contributed by atoms with E-state index in [0.717, 1.165) is 16.7 Å². The van der Waals surface area contributed by atoms with E-state index in [1.54, 1.807) is 12.1 Å². The van der Waals surface area contributed by atoms with Crippen LogP contribution in [-0.2, 0) is 0 Å². The van der Waals surface area contributed by atoms with Crippen molar-refractivity contribution in [3.63, 3.8) is 0 Å². The molecule has 1 heterocycles. The summed E-state index contributed by atoms with van der Waals surface area (Å²) in [6.07, 6.45) is 0. The van der Waals surface area contributed by atoms with E-state index in [4.69, 9.17) is 4.74 Å². The molecule has 0 aliphatic rings. The van der Waals surface area contributed by atoms with E-state index >= 15 is 0 Å². The topological polar surface area (TPSA) is 85.5 Å². The lowest BCUT2D eigenvalue weighted by atomic mass is 10.3. The van der Waals surface area contributed by atoms with E-state index in [0.29, 0.717) is 5.88 Å². The quantitative estimate of drug-likeness (QED) is 0.683. The number of rotatable bonds is 4. The van der Waals surface area contributed by atoms with Gasteiger partial charge >= 0.3 is 5.69 Å². The average molecular weight is 278 g/mol. The molecule has 2 aromatic rings. The Bertz CT molecular complexity index is 601. The molecular formula is C12H10N2O4S. The molecule has 0 atom stereocenters. The second-order valence-corrected chi connectivity index (χ2v) is 4.59. The third-order valence-corrected chi connectivity index (χ3v) is 3.27. The first-order chi connectivity index (χ1) is 9.10. The summed E-state index contributed by atoms with van der Waals surface area (Å²) in [5.41, 5.74) is -0.0844. The number of nitro groups is 1. The van der Waals surface area contributed by atoms with Crippen LogP contribution in [0.3, 0.4) is 0 Å². The zero-order chi connectivity index (χ0) is 13.8. The summed E-state index contributed by atoms with van der Waals surface area (Å²) in [5.74, 6) is 0.448. The Morgan fingerprint density at radius 2 is 1.95 bits per heavy atom. The summed E-state index contributed by atoms with van der Waals surface area (Å²) in [6, 6.07) is 9.13. The monoisotopic (exact) mass is 278 g/mol. The number of aromatic nitrogens is 1. The maximum absolute atomic E-state index is 10.9. The fraction of sp³-hybridized carbons (Fsp3) is 0.0833. The molecule has 0 fully saturated rings. The molecule has 19 heavy (non-hydrogen) atoms. The number of hydrogen-bond acceptors (Lipinski definition) is 6.